The summed E-state index contributed by atoms with van der Waals surface area (Å²) in [6.07, 6.45) is -3.74. The molecule has 2 fully saturated rings. The SMILES string of the molecule is O=C(N1CC(O[C@@H]2CCC[C@H]2O)C1)C(F)(F)F. The van der Waals surface area contributed by atoms with E-state index in [4.69, 9.17) is 4.74 Å². The van der Waals surface area contributed by atoms with E-state index in [0.29, 0.717) is 11.3 Å². The third kappa shape index (κ3) is 2.71. The summed E-state index contributed by atoms with van der Waals surface area (Å²) in [5, 5.41) is 9.48. The van der Waals surface area contributed by atoms with Crippen LogP contribution < -0.4 is 0 Å². The maximum absolute atomic E-state index is 12.0. The van der Waals surface area contributed by atoms with Crippen LogP contribution in [0.25, 0.3) is 0 Å². The van der Waals surface area contributed by atoms with Gasteiger partial charge in [0.15, 0.2) is 0 Å². The molecule has 0 bridgehead atoms. The molecule has 1 N–H and O–H groups in total. The van der Waals surface area contributed by atoms with Gasteiger partial charge in [-0.25, -0.2) is 0 Å². The molecule has 0 radical (unpaired) electrons. The number of halogens is 3. The summed E-state index contributed by atoms with van der Waals surface area (Å²) < 4.78 is 41.6. The third-order valence-electron chi connectivity index (χ3n) is 3.16. The highest BCUT2D eigenvalue weighted by atomic mass is 19.4. The van der Waals surface area contributed by atoms with Crippen molar-refractivity contribution in [1.29, 1.82) is 0 Å². The second-order valence-corrected chi connectivity index (χ2v) is 4.50. The second kappa shape index (κ2) is 4.45. The van der Waals surface area contributed by atoms with E-state index in [2.05, 4.69) is 0 Å². The van der Waals surface area contributed by atoms with Crippen LogP contribution in [0.1, 0.15) is 19.3 Å². The Morgan fingerprint density at radius 1 is 1.29 bits per heavy atom. The first-order chi connectivity index (χ1) is 7.88. The molecule has 1 aliphatic carbocycles. The molecule has 4 nitrogen and oxygen atoms in total. The van der Waals surface area contributed by atoms with E-state index in [-0.39, 0.29) is 25.3 Å². The summed E-state index contributed by atoms with van der Waals surface area (Å²) in [7, 11) is 0. The van der Waals surface area contributed by atoms with E-state index in [9.17, 15) is 23.1 Å². The van der Waals surface area contributed by atoms with Crippen LogP contribution in [0.5, 0.6) is 0 Å². The van der Waals surface area contributed by atoms with Crippen molar-refractivity contribution < 1.29 is 27.8 Å². The predicted molar refractivity (Wildman–Crippen MR) is 51.2 cm³/mol. The Bertz CT molecular complexity index is 302. The van der Waals surface area contributed by atoms with E-state index in [1.54, 1.807) is 0 Å². The predicted octanol–water partition coefficient (Wildman–Crippen LogP) is 0.689. The molecule has 98 valence electrons. The first-order valence-corrected chi connectivity index (χ1v) is 5.57. The molecule has 0 spiro atoms. The summed E-state index contributed by atoms with van der Waals surface area (Å²) >= 11 is 0. The molecule has 1 saturated carbocycles. The largest absolute Gasteiger partial charge is 0.471 e. The van der Waals surface area contributed by atoms with Crippen molar-refractivity contribution in [1.82, 2.24) is 4.90 Å². The van der Waals surface area contributed by atoms with Crippen molar-refractivity contribution in [2.75, 3.05) is 13.1 Å². The zero-order valence-corrected chi connectivity index (χ0v) is 9.11. The smallest absolute Gasteiger partial charge is 0.390 e. The molecule has 1 saturated heterocycles. The Kier molecular flexibility index (Phi) is 3.31. The quantitative estimate of drug-likeness (QED) is 0.787. The van der Waals surface area contributed by atoms with Crippen molar-refractivity contribution in [3.8, 4) is 0 Å². The third-order valence-corrected chi connectivity index (χ3v) is 3.16. The van der Waals surface area contributed by atoms with Crippen LogP contribution in [0.3, 0.4) is 0 Å². The Labute approximate surface area is 96.3 Å². The number of carbonyl (C=O) groups excluding carboxylic acids is 1. The fraction of sp³-hybridized carbons (Fsp3) is 0.900. The number of amides is 1. The van der Waals surface area contributed by atoms with Crippen molar-refractivity contribution in [3.05, 3.63) is 0 Å². The average Bonchev–Trinajstić information content (AvgIpc) is 2.54. The van der Waals surface area contributed by atoms with Gasteiger partial charge in [-0.05, 0) is 19.3 Å². The number of carbonyl (C=O) groups is 1. The maximum Gasteiger partial charge on any atom is 0.471 e. The van der Waals surface area contributed by atoms with Gasteiger partial charge in [0, 0.05) is 13.1 Å². The normalized spacial score (nSPS) is 30.5. The Morgan fingerprint density at radius 2 is 1.94 bits per heavy atom. The Balaban J connectivity index is 1.74. The molecule has 2 atom stereocenters. The molecule has 7 heteroatoms. The number of aliphatic hydroxyl groups excluding tert-OH is 1. The molecule has 0 aromatic rings. The number of hydrogen-bond acceptors (Lipinski definition) is 3. The number of nitrogens with zero attached hydrogens (tertiary/aromatic N) is 1. The van der Waals surface area contributed by atoms with Crippen LogP contribution in [0, 0.1) is 0 Å². The molecule has 1 aliphatic heterocycles. The molecule has 1 amide bonds. The van der Waals surface area contributed by atoms with Crippen molar-refractivity contribution in [2.24, 2.45) is 0 Å². The summed E-state index contributed by atoms with van der Waals surface area (Å²) in [4.78, 5) is 11.5. The van der Waals surface area contributed by atoms with Gasteiger partial charge in [-0.15, -0.1) is 0 Å². The lowest BCUT2D eigenvalue weighted by molar-refractivity contribution is -0.200. The average molecular weight is 253 g/mol. The molecule has 17 heavy (non-hydrogen) atoms. The van der Waals surface area contributed by atoms with E-state index in [0.717, 1.165) is 12.8 Å². The van der Waals surface area contributed by atoms with E-state index < -0.39 is 18.2 Å². The van der Waals surface area contributed by atoms with Crippen molar-refractivity contribution in [3.63, 3.8) is 0 Å². The Morgan fingerprint density at radius 3 is 2.41 bits per heavy atom. The van der Waals surface area contributed by atoms with Gasteiger partial charge in [0.05, 0.1) is 18.3 Å². The zero-order chi connectivity index (χ0) is 12.6. The summed E-state index contributed by atoms with van der Waals surface area (Å²) in [6.45, 7) is -0.0802. The minimum atomic E-state index is -4.81. The molecular weight excluding hydrogens is 239 g/mol. The molecule has 0 aromatic carbocycles. The lowest BCUT2D eigenvalue weighted by Crippen LogP contribution is -2.59. The van der Waals surface area contributed by atoms with Crippen LogP contribution in [-0.2, 0) is 9.53 Å². The van der Waals surface area contributed by atoms with Crippen LogP contribution >= 0.6 is 0 Å². The number of hydrogen-bond donors (Lipinski definition) is 1. The number of aliphatic hydroxyl groups is 1. The Hall–Kier alpha value is -0.820. The number of rotatable bonds is 2. The van der Waals surface area contributed by atoms with E-state index in [1.807, 2.05) is 0 Å². The van der Waals surface area contributed by atoms with Crippen LogP contribution in [-0.4, -0.2) is 53.5 Å². The van der Waals surface area contributed by atoms with Crippen molar-refractivity contribution in [2.45, 2.75) is 43.8 Å². The minimum Gasteiger partial charge on any atom is -0.390 e. The fourth-order valence-electron chi connectivity index (χ4n) is 2.18. The van der Waals surface area contributed by atoms with E-state index in [1.165, 1.54) is 0 Å². The highest BCUT2D eigenvalue weighted by Crippen LogP contribution is 2.27. The first-order valence-electron chi connectivity index (χ1n) is 5.57. The molecule has 0 unspecified atom stereocenters. The number of alkyl halides is 3. The topological polar surface area (TPSA) is 49.8 Å². The van der Waals surface area contributed by atoms with Gasteiger partial charge in [0.2, 0.25) is 0 Å². The van der Waals surface area contributed by atoms with Gasteiger partial charge in [-0.2, -0.15) is 13.2 Å². The molecule has 2 aliphatic rings. The highest BCUT2D eigenvalue weighted by molar-refractivity contribution is 5.82. The fourth-order valence-corrected chi connectivity index (χ4v) is 2.18. The number of likely N-dealkylation sites (tertiary alicyclic amines) is 1. The van der Waals surface area contributed by atoms with Crippen LogP contribution in [0.2, 0.25) is 0 Å². The highest BCUT2D eigenvalue weighted by Gasteiger charge is 2.47. The van der Waals surface area contributed by atoms with Crippen LogP contribution in [0.15, 0.2) is 0 Å². The monoisotopic (exact) mass is 253 g/mol. The maximum atomic E-state index is 12.0. The summed E-state index contributed by atoms with van der Waals surface area (Å²) in [6, 6.07) is 0. The first kappa shape index (κ1) is 12.6. The minimum absolute atomic E-state index is 0.0401. The standard InChI is InChI=1S/C10H14F3NO3/c11-10(12,13)9(16)14-4-6(5-14)17-8-3-1-2-7(8)15/h6-8,15H,1-5H2/t7-,8-/m1/s1. The van der Waals surface area contributed by atoms with Gasteiger partial charge in [-0.3, -0.25) is 4.79 Å². The lowest BCUT2D eigenvalue weighted by atomic mass is 10.1. The van der Waals surface area contributed by atoms with E-state index >= 15 is 0 Å². The zero-order valence-electron chi connectivity index (χ0n) is 9.11. The number of ether oxygens (including phenoxy) is 1. The van der Waals surface area contributed by atoms with Gasteiger partial charge < -0.3 is 14.7 Å². The van der Waals surface area contributed by atoms with Gasteiger partial charge in [0.25, 0.3) is 0 Å². The lowest BCUT2D eigenvalue weighted by Gasteiger charge is -2.40. The van der Waals surface area contributed by atoms with Crippen molar-refractivity contribution >= 4 is 5.91 Å². The summed E-state index contributed by atoms with van der Waals surface area (Å²) in [5.74, 6) is -1.82. The van der Waals surface area contributed by atoms with Gasteiger partial charge in [-0.1, -0.05) is 0 Å². The molecule has 0 aromatic heterocycles. The summed E-state index contributed by atoms with van der Waals surface area (Å²) in [5.41, 5.74) is 0. The molecule has 1 heterocycles. The second-order valence-electron chi connectivity index (χ2n) is 4.50. The van der Waals surface area contributed by atoms with Gasteiger partial charge >= 0.3 is 12.1 Å². The molecule has 2 rings (SSSR count). The van der Waals surface area contributed by atoms with Crippen LogP contribution in [0.4, 0.5) is 13.2 Å². The van der Waals surface area contributed by atoms with Gasteiger partial charge in [0.1, 0.15) is 0 Å². The molecular formula is C10H14F3NO3.